The van der Waals surface area contributed by atoms with E-state index < -0.39 is 149 Å². The summed E-state index contributed by atoms with van der Waals surface area (Å²) in [7, 11) is 0. The molecule has 31 atom stereocenters. The van der Waals surface area contributed by atoms with Crippen LogP contribution >= 0.6 is 0 Å². The minimum atomic E-state index is -2.00. The number of ether oxygens (including phenoxy) is 10. The first kappa shape index (κ1) is 54.5. The maximum Gasteiger partial charge on any atom is 0.187 e. The van der Waals surface area contributed by atoms with Crippen molar-refractivity contribution in [2.24, 2.45) is 52.3 Å². The van der Waals surface area contributed by atoms with Crippen molar-refractivity contribution in [2.45, 2.75) is 227 Å². The number of rotatable bonds is 11. The molecule has 0 aromatic carbocycles. The summed E-state index contributed by atoms with van der Waals surface area (Å²) >= 11 is 0. The predicted octanol–water partition coefficient (Wildman–Crippen LogP) is -2.27. The fourth-order valence-electron chi connectivity index (χ4n) is 15.9. The third-order valence-corrected chi connectivity index (χ3v) is 20.0. The summed E-state index contributed by atoms with van der Waals surface area (Å²) in [5, 5.41) is 129. The lowest BCUT2D eigenvalue weighted by Crippen LogP contribution is -2.67. The van der Waals surface area contributed by atoms with Gasteiger partial charge in [-0.05, 0) is 104 Å². The van der Waals surface area contributed by atoms with Crippen LogP contribution in [0, 0.1) is 52.3 Å². The molecular formula is C50H82O22. The Morgan fingerprint density at radius 2 is 1.14 bits per heavy atom. The van der Waals surface area contributed by atoms with E-state index in [1.54, 1.807) is 0 Å². The van der Waals surface area contributed by atoms with E-state index >= 15 is 0 Å². The van der Waals surface area contributed by atoms with Gasteiger partial charge in [0, 0.05) is 12.3 Å². The highest BCUT2D eigenvalue weighted by Crippen LogP contribution is 2.71. The van der Waals surface area contributed by atoms with Crippen LogP contribution < -0.4 is 0 Å². The molecule has 0 radical (unpaired) electrons. The first-order valence-corrected chi connectivity index (χ1v) is 26.7. The average Bonchev–Trinajstić information content (AvgIpc) is 3.81. The Morgan fingerprint density at radius 1 is 0.514 bits per heavy atom. The number of aliphatic hydroxyl groups is 12. The highest BCUT2D eigenvalue weighted by atomic mass is 16.8. The van der Waals surface area contributed by atoms with Gasteiger partial charge in [0.05, 0.1) is 45.2 Å². The summed E-state index contributed by atoms with van der Waals surface area (Å²) in [4.78, 5) is 0. The average molecular weight is 1040 g/mol. The van der Waals surface area contributed by atoms with E-state index in [0.29, 0.717) is 47.8 Å². The Bertz CT molecular complexity index is 1830. The number of hydrogen-bond acceptors (Lipinski definition) is 22. The Morgan fingerprint density at radius 3 is 1.85 bits per heavy atom. The van der Waals surface area contributed by atoms with Crippen molar-refractivity contribution in [1.82, 2.24) is 0 Å². The molecule has 0 aromatic rings. The van der Waals surface area contributed by atoms with Crippen LogP contribution in [0.1, 0.15) is 91.9 Å². The minimum absolute atomic E-state index is 0.102. The van der Waals surface area contributed by atoms with Crippen molar-refractivity contribution in [2.75, 3.05) is 33.0 Å². The van der Waals surface area contributed by atoms with E-state index in [2.05, 4.69) is 27.7 Å². The van der Waals surface area contributed by atoms with E-state index in [9.17, 15) is 61.3 Å². The summed E-state index contributed by atoms with van der Waals surface area (Å²) in [5.74, 6) is 3.12. The quantitative estimate of drug-likeness (QED) is 0.0971. The Labute approximate surface area is 419 Å². The van der Waals surface area contributed by atoms with Crippen LogP contribution in [-0.2, 0) is 47.4 Å². The minimum Gasteiger partial charge on any atom is -0.394 e. The monoisotopic (exact) mass is 1030 g/mol. The zero-order valence-electron chi connectivity index (χ0n) is 41.7. The van der Waals surface area contributed by atoms with Gasteiger partial charge in [-0.2, -0.15) is 0 Å². The molecule has 31 unspecified atom stereocenters. The van der Waals surface area contributed by atoms with Crippen molar-refractivity contribution in [1.29, 1.82) is 0 Å². The molecule has 22 heteroatoms. The number of fused-ring (bicyclic) bond motifs is 7. The van der Waals surface area contributed by atoms with E-state index in [0.717, 1.165) is 51.6 Å². The van der Waals surface area contributed by atoms with Crippen LogP contribution in [-0.4, -0.2) is 229 Å². The molecule has 4 aliphatic carbocycles. The molecule has 6 aliphatic heterocycles. The number of aliphatic hydroxyl groups excluding tert-OH is 12. The molecule has 1 spiro atoms. The molecule has 0 aromatic heterocycles. The first-order valence-electron chi connectivity index (χ1n) is 26.7. The zero-order chi connectivity index (χ0) is 51.3. The molecule has 4 saturated carbocycles. The lowest BCUT2D eigenvalue weighted by molar-refractivity contribution is -0.396. The topological polar surface area (TPSA) is 335 Å². The summed E-state index contributed by atoms with van der Waals surface area (Å²) in [5.41, 5.74) is 0.310. The second-order valence-electron chi connectivity index (χ2n) is 23.9. The summed E-state index contributed by atoms with van der Waals surface area (Å²) in [6, 6.07) is 0. The van der Waals surface area contributed by atoms with E-state index in [-0.39, 0.29) is 23.0 Å². The van der Waals surface area contributed by atoms with Crippen LogP contribution in [0.3, 0.4) is 0 Å². The zero-order valence-corrected chi connectivity index (χ0v) is 41.7. The molecule has 414 valence electrons. The summed E-state index contributed by atoms with van der Waals surface area (Å²) in [6.07, 6.45) is -22.4. The standard InChI is InChI=1S/C50H82O22/c1-20-7-12-50(64-18-20)21(2)32-28(72-50)14-26-24-6-5-22-13-23(8-10-48(22,3)25(24)9-11-49(26,32)4)65-45-39(61)37(59)41(31(17-53)68-45)69-47-43(36(58)34(56)29(15-51)67-47)71-46-40(62)42(35(57)30(16-52)66-46)70-44-38(60)33(55)27(54)19-63-44/h20-47,51-62H,5-19H2,1-4H3. The van der Waals surface area contributed by atoms with Gasteiger partial charge >= 0.3 is 0 Å². The molecule has 10 fully saturated rings. The lowest BCUT2D eigenvalue weighted by atomic mass is 9.44. The van der Waals surface area contributed by atoms with Crippen molar-refractivity contribution >= 4 is 0 Å². The second kappa shape index (κ2) is 21.1. The molecule has 22 nitrogen and oxygen atoms in total. The summed E-state index contributed by atoms with van der Waals surface area (Å²) in [6.45, 7) is 7.51. The van der Waals surface area contributed by atoms with Gasteiger partial charge in [-0.25, -0.2) is 0 Å². The largest absolute Gasteiger partial charge is 0.394 e. The van der Waals surface area contributed by atoms with Crippen molar-refractivity contribution < 1.29 is 109 Å². The molecule has 0 bridgehead atoms. The SMILES string of the molecule is CC1CCC2(OC1)OC1CC3C4CCC5CC(OC6OC(CO)C(OC7OC(CO)C(O)C(O)C7OC7OC(CO)C(O)C(OC8OCC(O)C(O)C8O)C7O)C(O)C6O)CCC5(C)C4CCC3(C)C1C2C. The Kier molecular flexibility index (Phi) is 15.9. The van der Waals surface area contributed by atoms with Crippen LogP contribution in [0.25, 0.3) is 0 Å². The molecule has 0 amide bonds. The Balaban J connectivity index is 0.779. The Hall–Kier alpha value is -0.880. The van der Waals surface area contributed by atoms with E-state index in [4.69, 9.17) is 47.4 Å². The van der Waals surface area contributed by atoms with E-state index in [1.165, 1.54) is 12.8 Å². The molecule has 6 saturated heterocycles. The maximum atomic E-state index is 11.7. The maximum absolute atomic E-state index is 11.7. The van der Waals surface area contributed by atoms with Crippen molar-refractivity contribution in [3.05, 3.63) is 0 Å². The number of hydrogen-bond donors (Lipinski definition) is 12. The highest BCUT2D eigenvalue weighted by molar-refractivity contribution is 5.15. The van der Waals surface area contributed by atoms with Gasteiger partial charge in [0.25, 0.3) is 0 Å². The van der Waals surface area contributed by atoms with Gasteiger partial charge in [-0.1, -0.05) is 27.7 Å². The highest BCUT2D eigenvalue weighted by Gasteiger charge is 2.69. The predicted molar refractivity (Wildman–Crippen MR) is 242 cm³/mol. The lowest BCUT2D eigenvalue weighted by Gasteiger charge is -2.61. The van der Waals surface area contributed by atoms with Gasteiger partial charge in [-0.3, -0.25) is 0 Å². The van der Waals surface area contributed by atoms with Gasteiger partial charge in [-0.15, -0.1) is 0 Å². The van der Waals surface area contributed by atoms with Gasteiger partial charge in [0.15, 0.2) is 30.9 Å². The fourth-order valence-corrected chi connectivity index (χ4v) is 15.9. The fraction of sp³-hybridized carbons (Fsp3) is 1.00. The molecule has 72 heavy (non-hydrogen) atoms. The molecule has 12 N–H and O–H groups in total. The smallest absolute Gasteiger partial charge is 0.187 e. The van der Waals surface area contributed by atoms with E-state index in [1.807, 2.05) is 0 Å². The third-order valence-electron chi connectivity index (χ3n) is 20.0. The molecule has 10 rings (SSSR count). The van der Waals surface area contributed by atoms with Crippen molar-refractivity contribution in [3.63, 3.8) is 0 Å². The second-order valence-corrected chi connectivity index (χ2v) is 23.9. The first-order chi connectivity index (χ1) is 34.3. The molecule has 10 aliphatic rings. The van der Waals surface area contributed by atoms with Crippen molar-refractivity contribution in [3.8, 4) is 0 Å². The molecule has 6 heterocycles. The van der Waals surface area contributed by atoms with Gasteiger partial charge in [0.2, 0.25) is 0 Å². The van der Waals surface area contributed by atoms with Crippen LogP contribution in [0.2, 0.25) is 0 Å². The van der Waals surface area contributed by atoms with Gasteiger partial charge in [0.1, 0.15) is 91.6 Å². The van der Waals surface area contributed by atoms with Crippen LogP contribution in [0.4, 0.5) is 0 Å². The molecular weight excluding hydrogens is 953 g/mol. The van der Waals surface area contributed by atoms with Gasteiger partial charge < -0.3 is 109 Å². The normalized spacial score (nSPS) is 57.8. The van der Waals surface area contributed by atoms with Crippen LogP contribution in [0.5, 0.6) is 0 Å². The van der Waals surface area contributed by atoms with Crippen LogP contribution in [0.15, 0.2) is 0 Å². The summed E-state index contributed by atoms with van der Waals surface area (Å²) < 4.78 is 60.6. The third kappa shape index (κ3) is 9.26.